The van der Waals surface area contributed by atoms with Gasteiger partial charge in [-0.1, -0.05) is 48.8 Å². The van der Waals surface area contributed by atoms with Crippen LogP contribution in [-0.2, 0) is 11.3 Å². The molecule has 1 rings (SSSR count). The maximum absolute atomic E-state index is 12.0. The van der Waals surface area contributed by atoms with E-state index in [0.29, 0.717) is 6.54 Å². The predicted octanol–water partition coefficient (Wildman–Crippen LogP) is 3.45. The van der Waals surface area contributed by atoms with E-state index in [2.05, 4.69) is 15.9 Å². The minimum absolute atomic E-state index is 0.162. The molecule has 0 heterocycles. The monoisotopic (exact) mass is 283 g/mol. The zero-order valence-electron chi connectivity index (χ0n) is 10.2. The molecule has 0 fully saturated rings. The average molecular weight is 284 g/mol. The van der Waals surface area contributed by atoms with Crippen LogP contribution in [-0.4, -0.2) is 17.9 Å². The lowest BCUT2D eigenvalue weighted by molar-refractivity contribution is -0.138. The molecule has 1 aromatic carbocycles. The molecule has 88 valence electrons. The van der Waals surface area contributed by atoms with Crippen LogP contribution in [0.5, 0.6) is 0 Å². The fourth-order valence-corrected chi connectivity index (χ4v) is 1.77. The molecule has 0 aliphatic heterocycles. The Hall–Kier alpha value is -0.830. The maximum atomic E-state index is 12.0. The number of benzene rings is 1. The van der Waals surface area contributed by atoms with Crippen molar-refractivity contribution in [3.8, 4) is 0 Å². The molecular weight excluding hydrogens is 266 g/mol. The maximum Gasteiger partial charge on any atom is 0.227 e. The summed E-state index contributed by atoms with van der Waals surface area (Å²) in [4.78, 5) is 13.7. The van der Waals surface area contributed by atoms with E-state index in [1.165, 1.54) is 0 Å². The van der Waals surface area contributed by atoms with E-state index < -0.39 is 0 Å². The molecule has 0 saturated carbocycles. The molecule has 0 aliphatic carbocycles. The normalized spacial score (nSPS) is 11.3. The van der Waals surface area contributed by atoms with Gasteiger partial charge in [-0.25, -0.2) is 0 Å². The summed E-state index contributed by atoms with van der Waals surface area (Å²) in [6.45, 7) is 6.47. The van der Waals surface area contributed by atoms with E-state index in [-0.39, 0.29) is 11.3 Å². The van der Waals surface area contributed by atoms with Gasteiger partial charge < -0.3 is 4.90 Å². The predicted molar refractivity (Wildman–Crippen MR) is 70.1 cm³/mol. The van der Waals surface area contributed by atoms with Gasteiger partial charge in [0.1, 0.15) is 0 Å². The number of hydrogen-bond acceptors (Lipinski definition) is 1. The van der Waals surface area contributed by atoms with Gasteiger partial charge in [0.05, 0.1) is 0 Å². The lowest BCUT2D eigenvalue weighted by Gasteiger charge is -2.26. The minimum Gasteiger partial charge on any atom is -0.341 e. The molecule has 0 spiro atoms. The molecule has 0 unspecified atom stereocenters. The number of amides is 1. The SMILES string of the molecule is CN(Cc1ccc(Br)cc1)C(=O)C(C)(C)C. The average Bonchev–Trinajstić information content (AvgIpc) is 2.19. The lowest BCUT2D eigenvalue weighted by atomic mass is 9.95. The van der Waals surface area contributed by atoms with Crippen LogP contribution in [0.3, 0.4) is 0 Å². The van der Waals surface area contributed by atoms with Crippen molar-refractivity contribution < 1.29 is 4.79 Å². The third-order valence-corrected chi connectivity index (χ3v) is 2.85. The van der Waals surface area contributed by atoms with E-state index in [1.807, 2.05) is 52.1 Å². The van der Waals surface area contributed by atoms with Crippen molar-refractivity contribution in [1.29, 1.82) is 0 Å². The Morgan fingerprint density at radius 1 is 1.25 bits per heavy atom. The fourth-order valence-electron chi connectivity index (χ4n) is 1.51. The van der Waals surface area contributed by atoms with Crippen molar-refractivity contribution in [3.63, 3.8) is 0 Å². The zero-order valence-corrected chi connectivity index (χ0v) is 11.8. The Morgan fingerprint density at radius 2 is 1.75 bits per heavy atom. The molecule has 0 radical (unpaired) electrons. The van der Waals surface area contributed by atoms with Gasteiger partial charge in [0, 0.05) is 23.5 Å². The van der Waals surface area contributed by atoms with E-state index in [4.69, 9.17) is 0 Å². The standard InChI is InChI=1S/C13H18BrNO/c1-13(2,3)12(16)15(4)9-10-5-7-11(14)8-6-10/h5-8H,9H2,1-4H3. The van der Waals surface area contributed by atoms with Crippen molar-refractivity contribution >= 4 is 21.8 Å². The zero-order chi connectivity index (χ0) is 12.3. The van der Waals surface area contributed by atoms with Gasteiger partial charge in [-0.15, -0.1) is 0 Å². The second kappa shape index (κ2) is 5.00. The number of halogens is 1. The highest BCUT2D eigenvalue weighted by atomic mass is 79.9. The molecule has 16 heavy (non-hydrogen) atoms. The molecule has 1 amide bonds. The summed E-state index contributed by atoms with van der Waals surface area (Å²) in [5.41, 5.74) is 0.827. The number of carbonyl (C=O) groups is 1. The molecule has 0 bridgehead atoms. The third kappa shape index (κ3) is 3.63. The minimum atomic E-state index is -0.315. The number of nitrogens with zero attached hydrogens (tertiary/aromatic N) is 1. The van der Waals surface area contributed by atoms with Crippen LogP contribution >= 0.6 is 15.9 Å². The van der Waals surface area contributed by atoms with Crippen molar-refractivity contribution in [2.45, 2.75) is 27.3 Å². The van der Waals surface area contributed by atoms with Gasteiger partial charge in [-0.3, -0.25) is 4.79 Å². The van der Waals surface area contributed by atoms with Crippen LogP contribution in [0.15, 0.2) is 28.7 Å². The summed E-state index contributed by atoms with van der Waals surface area (Å²) in [6.07, 6.45) is 0. The highest BCUT2D eigenvalue weighted by Crippen LogP contribution is 2.18. The molecule has 2 nitrogen and oxygen atoms in total. The molecule has 1 aromatic rings. The smallest absolute Gasteiger partial charge is 0.227 e. The topological polar surface area (TPSA) is 20.3 Å². The van der Waals surface area contributed by atoms with Crippen molar-refractivity contribution in [2.24, 2.45) is 5.41 Å². The third-order valence-electron chi connectivity index (χ3n) is 2.32. The fraction of sp³-hybridized carbons (Fsp3) is 0.462. The van der Waals surface area contributed by atoms with E-state index in [0.717, 1.165) is 10.0 Å². The largest absolute Gasteiger partial charge is 0.341 e. The molecule has 0 aliphatic rings. The van der Waals surface area contributed by atoms with Gasteiger partial charge in [-0.05, 0) is 17.7 Å². The van der Waals surface area contributed by atoms with Crippen LogP contribution in [0.1, 0.15) is 26.3 Å². The Balaban J connectivity index is 2.68. The van der Waals surface area contributed by atoms with Crippen molar-refractivity contribution in [1.82, 2.24) is 4.90 Å². The number of hydrogen-bond donors (Lipinski definition) is 0. The first-order chi connectivity index (χ1) is 7.30. The summed E-state index contributed by atoms with van der Waals surface area (Å²) >= 11 is 3.39. The molecular formula is C13H18BrNO. The van der Waals surface area contributed by atoms with Crippen LogP contribution < -0.4 is 0 Å². The molecule has 3 heteroatoms. The van der Waals surface area contributed by atoms with Crippen LogP contribution in [0.25, 0.3) is 0 Å². The summed E-state index contributed by atoms with van der Waals surface area (Å²) < 4.78 is 1.06. The lowest BCUT2D eigenvalue weighted by Crippen LogP contribution is -2.36. The highest BCUT2D eigenvalue weighted by molar-refractivity contribution is 9.10. The first-order valence-electron chi connectivity index (χ1n) is 5.31. The molecule has 0 saturated heterocycles. The Kier molecular flexibility index (Phi) is 4.14. The van der Waals surface area contributed by atoms with E-state index in [1.54, 1.807) is 4.90 Å². The van der Waals surface area contributed by atoms with Gasteiger partial charge >= 0.3 is 0 Å². The van der Waals surface area contributed by atoms with Crippen molar-refractivity contribution in [3.05, 3.63) is 34.3 Å². The number of rotatable bonds is 2. The number of carbonyl (C=O) groups excluding carboxylic acids is 1. The summed E-state index contributed by atoms with van der Waals surface area (Å²) in [5.74, 6) is 0.162. The molecule has 0 N–H and O–H groups in total. The van der Waals surface area contributed by atoms with Gasteiger partial charge in [0.15, 0.2) is 0 Å². The first kappa shape index (κ1) is 13.2. The Morgan fingerprint density at radius 3 is 2.19 bits per heavy atom. The highest BCUT2D eigenvalue weighted by Gasteiger charge is 2.24. The van der Waals surface area contributed by atoms with Crippen LogP contribution in [0.4, 0.5) is 0 Å². The van der Waals surface area contributed by atoms with Crippen LogP contribution in [0, 0.1) is 5.41 Å². The second-order valence-electron chi connectivity index (χ2n) is 5.04. The van der Waals surface area contributed by atoms with E-state index >= 15 is 0 Å². The first-order valence-corrected chi connectivity index (χ1v) is 6.10. The summed E-state index contributed by atoms with van der Waals surface area (Å²) in [6, 6.07) is 8.03. The summed E-state index contributed by atoms with van der Waals surface area (Å²) in [5, 5.41) is 0. The van der Waals surface area contributed by atoms with Gasteiger partial charge in [-0.2, -0.15) is 0 Å². The Labute approximate surface area is 106 Å². The summed E-state index contributed by atoms with van der Waals surface area (Å²) in [7, 11) is 1.84. The molecule has 0 atom stereocenters. The molecule has 0 aromatic heterocycles. The quantitative estimate of drug-likeness (QED) is 0.814. The van der Waals surface area contributed by atoms with Gasteiger partial charge in [0.25, 0.3) is 0 Å². The van der Waals surface area contributed by atoms with Gasteiger partial charge in [0.2, 0.25) is 5.91 Å². The van der Waals surface area contributed by atoms with Crippen LogP contribution in [0.2, 0.25) is 0 Å². The Bertz CT molecular complexity index is 365. The van der Waals surface area contributed by atoms with Crippen molar-refractivity contribution in [2.75, 3.05) is 7.05 Å². The van der Waals surface area contributed by atoms with E-state index in [9.17, 15) is 4.79 Å². The second-order valence-corrected chi connectivity index (χ2v) is 5.95.